The highest BCUT2D eigenvalue weighted by atomic mass is 79.9. The Bertz CT molecular complexity index is 523. The minimum absolute atomic E-state index is 0. The van der Waals surface area contributed by atoms with Crippen molar-refractivity contribution >= 4 is 15.9 Å². The molecule has 2 rings (SSSR count). The molecule has 2 aromatic rings. The third-order valence-electron chi connectivity index (χ3n) is 2.72. The van der Waals surface area contributed by atoms with E-state index in [0.29, 0.717) is 6.61 Å². The molecule has 5 heteroatoms. The van der Waals surface area contributed by atoms with Gasteiger partial charge in [-0.3, -0.25) is 4.98 Å². The minimum atomic E-state index is 0. The van der Waals surface area contributed by atoms with E-state index in [2.05, 4.69) is 32.3 Å². The molecule has 20 heavy (non-hydrogen) atoms. The van der Waals surface area contributed by atoms with Gasteiger partial charge < -0.3 is 22.5 Å². The SMILES string of the molecule is CCOc1ccc(Br)cc1CNCc1ccncc1.[Cl-]. The second kappa shape index (κ2) is 8.95. The number of rotatable bonds is 6. The van der Waals surface area contributed by atoms with Gasteiger partial charge in [0.25, 0.3) is 0 Å². The predicted molar refractivity (Wildman–Crippen MR) is 80.1 cm³/mol. The fraction of sp³-hybridized carbons (Fsp3) is 0.267. The van der Waals surface area contributed by atoms with E-state index < -0.39 is 0 Å². The first-order chi connectivity index (χ1) is 9.29. The molecule has 3 nitrogen and oxygen atoms in total. The molecule has 0 fully saturated rings. The first kappa shape index (κ1) is 17.0. The zero-order chi connectivity index (χ0) is 13.5. The van der Waals surface area contributed by atoms with Crippen LogP contribution in [0.2, 0.25) is 0 Å². The summed E-state index contributed by atoms with van der Waals surface area (Å²) in [6.07, 6.45) is 3.61. The summed E-state index contributed by atoms with van der Waals surface area (Å²) in [5, 5.41) is 3.42. The number of nitrogens with one attached hydrogen (secondary N) is 1. The number of hydrogen-bond acceptors (Lipinski definition) is 3. The van der Waals surface area contributed by atoms with Crippen LogP contribution in [-0.4, -0.2) is 11.6 Å². The fourth-order valence-electron chi connectivity index (χ4n) is 1.82. The lowest BCUT2D eigenvalue weighted by molar-refractivity contribution is -0.00000438. The molecule has 0 aliphatic rings. The van der Waals surface area contributed by atoms with Crippen LogP contribution in [0, 0.1) is 0 Å². The lowest BCUT2D eigenvalue weighted by Crippen LogP contribution is -3.00. The second-order valence-corrected chi connectivity index (χ2v) is 5.06. The van der Waals surface area contributed by atoms with E-state index in [0.717, 1.165) is 28.9 Å². The third kappa shape index (κ3) is 5.12. The van der Waals surface area contributed by atoms with Gasteiger partial charge in [-0.2, -0.15) is 0 Å². The summed E-state index contributed by atoms with van der Waals surface area (Å²) in [5.41, 5.74) is 2.38. The molecule has 0 aliphatic heterocycles. The summed E-state index contributed by atoms with van der Waals surface area (Å²) in [5.74, 6) is 0.938. The van der Waals surface area contributed by atoms with E-state index in [9.17, 15) is 0 Å². The molecule has 1 N–H and O–H groups in total. The average molecular weight is 357 g/mol. The maximum Gasteiger partial charge on any atom is 0.123 e. The van der Waals surface area contributed by atoms with E-state index >= 15 is 0 Å². The fourth-order valence-corrected chi connectivity index (χ4v) is 2.23. The van der Waals surface area contributed by atoms with E-state index in [1.165, 1.54) is 5.56 Å². The Morgan fingerprint density at radius 3 is 2.60 bits per heavy atom. The van der Waals surface area contributed by atoms with Crippen molar-refractivity contribution in [3.05, 3.63) is 58.3 Å². The highest BCUT2D eigenvalue weighted by Gasteiger charge is 2.04. The normalized spacial score (nSPS) is 9.90. The third-order valence-corrected chi connectivity index (χ3v) is 3.21. The molecule has 0 atom stereocenters. The van der Waals surface area contributed by atoms with Crippen LogP contribution < -0.4 is 22.5 Å². The quantitative estimate of drug-likeness (QED) is 0.820. The standard InChI is InChI=1S/C15H17BrN2O.ClH/c1-2-19-15-4-3-14(16)9-13(15)11-18-10-12-5-7-17-8-6-12;/h3-9,18H,2,10-11H2,1H3;1H/p-1. The molecule has 0 unspecified atom stereocenters. The highest BCUT2D eigenvalue weighted by Crippen LogP contribution is 2.23. The lowest BCUT2D eigenvalue weighted by atomic mass is 10.2. The zero-order valence-electron chi connectivity index (χ0n) is 11.3. The Kier molecular flexibility index (Phi) is 7.59. The van der Waals surface area contributed by atoms with Crippen LogP contribution in [-0.2, 0) is 13.1 Å². The van der Waals surface area contributed by atoms with Gasteiger partial charge in [-0.15, -0.1) is 0 Å². The summed E-state index contributed by atoms with van der Waals surface area (Å²) in [4.78, 5) is 4.01. The van der Waals surface area contributed by atoms with Gasteiger partial charge in [0, 0.05) is 35.5 Å². The first-order valence-corrected chi connectivity index (χ1v) is 7.09. The predicted octanol–water partition coefficient (Wildman–Crippen LogP) is 0.537. The molecule has 0 amide bonds. The number of halogens is 2. The van der Waals surface area contributed by atoms with Gasteiger partial charge in [0.05, 0.1) is 6.61 Å². The Labute approximate surface area is 134 Å². The molecule has 0 saturated carbocycles. The first-order valence-electron chi connectivity index (χ1n) is 6.30. The van der Waals surface area contributed by atoms with Gasteiger partial charge in [0.1, 0.15) is 5.75 Å². The number of nitrogens with zero attached hydrogens (tertiary/aromatic N) is 1. The van der Waals surface area contributed by atoms with Crippen molar-refractivity contribution in [3.8, 4) is 5.75 Å². The largest absolute Gasteiger partial charge is 1.00 e. The Morgan fingerprint density at radius 2 is 1.90 bits per heavy atom. The molecule has 1 aromatic carbocycles. The van der Waals surface area contributed by atoms with Crippen molar-refractivity contribution in [2.24, 2.45) is 0 Å². The summed E-state index contributed by atoms with van der Waals surface area (Å²) < 4.78 is 6.69. The Hall–Kier alpha value is -1.10. The van der Waals surface area contributed by atoms with Gasteiger partial charge in [0.2, 0.25) is 0 Å². The van der Waals surface area contributed by atoms with Crippen LogP contribution in [0.1, 0.15) is 18.1 Å². The molecule has 0 bridgehead atoms. The Balaban J connectivity index is 0.00000200. The molecule has 1 aromatic heterocycles. The van der Waals surface area contributed by atoms with Crippen LogP contribution in [0.25, 0.3) is 0 Å². The Morgan fingerprint density at radius 1 is 1.15 bits per heavy atom. The van der Waals surface area contributed by atoms with Crippen LogP contribution >= 0.6 is 15.9 Å². The minimum Gasteiger partial charge on any atom is -1.00 e. The van der Waals surface area contributed by atoms with Gasteiger partial charge in [-0.05, 0) is 42.8 Å². The summed E-state index contributed by atoms with van der Waals surface area (Å²) in [6.45, 7) is 4.27. The molecule has 0 spiro atoms. The molecule has 0 radical (unpaired) electrons. The average Bonchev–Trinajstić information content (AvgIpc) is 2.43. The lowest BCUT2D eigenvalue weighted by Gasteiger charge is -2.11. The number of hydrogen-bond donors (Lipinski definition) is 1. The zero-order valence-corrected chi connectivity index (χ0v) is 13.6. The van der Waals surface area contributed by atoms with Crippen molar-refractivity contribution in [3.63, 3.8) is 0 Å². The monoisotopic (exact) mass is 355 g/mol. The summed E-state index contributed by atoms with van der Waals surface area (Å²) in [6, 6.07) is 10.1. The number of pyridine rings is 1. The van der Waals surface area contributed by atoms with Crippen LogP contribution in [0.4, 0.5) is 0 Å². The molecular weight excluding hydrogens is 340 g/mol. The van der Waals surface area contributed by atoms with Gasteiger partial charge in [0.15, 0.2) is 0 Å². The smallest absolute Gasteiger partial charge is 0.123 e. The molecule has 0 saturated heterocycles. The van der Waals surface area contributed by atoms with E-state index in [-0.39, 0.29) is 12.4 Å². The van der Waals surface area contributed by atoms with Crippen molar-refractivity contribution in [1.29, 1.82) is 0 Å². The van der Waals surface area contributed by atoms with Crippen molar-refractivity contribution in [2.45, 2.75) is 20.0 Å². The number of ether oxygens (including phenoxy) is 1. The van der Waals surface area contributed by atoms with Gasteiger partial charge in [-0.25, -0.2) is 0 Å². The van der Waals surface area contributed by atoms with E-state index in [4.69, 9.17) is 4.74 Å². The van der Waals surface area contributed by atoms with Crippen LogP contribution in [0.3, 0.4) is 0 Å². The molecule has 108 valence electrons. The van der Waals surface area contributed by atoms with Crippen molar-refractivity contribution in [1.82, 2.24) is 10.3 Å². The second-order valence-electron chi connectivity index (χ2n) is 4.14. The molecule has 0 aliphatic carbocycles. The van der Waals surface area contributed by atoms with Crippen LogP contribution in [0.15, 0.2) is 47.2 Å². The van der Waals surface area contributed by atoms with Gasteiger partial charge >= 0.3 is 0 Å². The van der Waals surface area contributed by atoms with Gasteiger partial charge in [-0.1, -0.05) is 15.9 Å². The highest BCUT2D eigenvalue weighted by molar-refractivity contribution is 9.10. The maximum atomic E-state index is 5.62. The summed E-state index contributed by atoms with van der Waals surface area (Å²) >= 11 is 3.49. The van der Waals surface area contributed by atoms with E-state index in [1.54, 1.807) is 0 Å². The summed E-state index contributed by atoms with van der Waals surface area (Å²) in [7, 11) is 0. The van der Waals surface area contributed by atoms with Crippen LogP contribution in [0.5, 0.6) is 5.75 Å². The molecule has 1 heterocycles. The number of benzene rings is 1. The number of aromatic nitrogens is 1. The topological polar surface area (TPSA) is 34.1 Å². The van der Waals surface area contributed by atoms with Crippen molar-refractivity contribution in [2.75, 3.05) is 6.61 Å². The molecular formula is C15H17BrClN2O-. The van der Waals surface area contributed by atoms with Crippen molar-refractivity contribution < 1.29 is 17.1 Å². The maximum absolute atomic E-state index is 5.62. The van der Waals surface area contributed by atoms with E-state index in [1.807, 2.05) is 43.6 Å².